The number of aryl methyl sites for hydroxylation is 4. The first-order valence-corrected chi connectivity index (χ1v) is 14.0. The summed E-state index contributed by atoms with van der Waals surface area (Å²) in [5.74, 6) is 0. The molecule has 0 aromatic heterocycles. The molecule has 0 aliphatic heterocycles. The van der Waals surface area contributed by atoms with E-state index in [4.69, 9.17) is 16.9 Å². The van der Waals surface area contributed by atoms with Crippen molar-refractivity contribution >= 4 is 27.5 Å². The van der Waals surface area contributed by atoms with E-state index in [-0.39, 0.29) is 0 Å². The van der Waals surface area contributed by atoms with Gasteiger partial charge in [0.2, 0.25) is 0 Å². The quantitative estimate of drug-likeness (QED) is 0.181. The molecule has 0 heterocycles. The highest BCUT2D eigenvalue weighted by Gasteiger charge is 2.12. The molecule has 0 bridgehead atoms. The summed E-state index contributed by atoms with van der Waals surface area (Å²) in [5, 5.41) is 22.3. The molecule has 4 aromatic rings. The minimum atomic E-state index is 0.471. The Morgan fingerprint density at radius 1 is 0.737 bits per heavy atom. The van der Waals surface area contributed by atoms with Crippen molar-refractivity contribution in [3.63, 3.8) is 0 Å². The number of hydrogen-bond acceptors (Lipinski definition) is 3. The number of nitrogens with zero attached hydrogens (tertiary/aromatic N) is 2. The standard InChI is InChI=1S/C33H29BrClN3/c34-33-27(11-5-12-31(33)26-9-2-1-3-10-26)15-16-29-20-28(14-13-24-7-4-8-25(19-24)22-37)30(21-32(29)35)23-38-18-6-17-36/h1-5,7-12,19-21,38H,6,13-16,18,23H2. The molecule has 0 amide bonds. The van der Waals surface area contributed by atoms with Gasteiger partial charge in [0, 0.05) is 29.0 Å². The van der Waals surface area contributed by atoms with Crippen LogP contribution in [0.1, 0.15) is 39.8 Å². The van der Waals surface area contributed by atoms with Crippen LogP contribution in [0.2, 0.25) is 5.02 Å². The van der Waals surface area contributed by atoms with Crippen molar-refractivity contribution in [2.45, 2.75) is 38.6 Å². The summed E-state index contributed by atoms with van der Waals surface area (Å²) < 4.78 is 1.12. The van der Waals surface area contributed by atoms with Gasteiger partial charge in [-0.25, -0.2) is 0 Å². The van der Waals surface area contributed by atoms with Crippen molar-refractivity contribution in [1.82, 2.24) is 5.32 Å². The van der Waals surface area contributed by atoms with E-state index in [2.05, 4.69) is 94.0 Å². The van der Waals surface area contributed by atoms with Gasteiger partial charge in [0.15, 0.2) is 0 Å². The fraction of sp³-hybridized carbons (Fsp3) is 0.212. The van der Waals surface area contributed by atoms with E-state index < -0.39 is 0 Å². The number of hydrogen-bond donors (Lipinski definition) is 1. The third kappa shape index (κ3) is 7.33. The maximum absolute atomic E-state index is 9.25. The van der Waals surface area contributed by atoms with Crippen molar-refractivity contribution in [3.05, 3.63) is 128 Å². The normalized spacial score (nSPS) is 10.6. The van der Waals surface area contributed by atoms with Gasteiger partial charge in [-0.1, -0.05) is 78.3 Å². The van der Waals surface area contributed by atoms with Crippen LogP contribution in [0.25, 0.3) is 11.1 Å². The first kappa shape index (κ1) is 27.6. The van der Waals surface area contributed by atoms with E-state index in [1.165, 1.54) is 22.3 Å². The molecule has 4 rings (SSSR count). The lowest BCUT2D eigenvalue weighted by Gasteiger charge is -2.16. The molecule has 0 saturated carbocycles. The molecule has 0 spiro atoms. The Kier molecular flexibility index (Phi) is 10.1. The zero-order valence-electron chi connectivity index (χ0n) is 21.2. The Morgan fingerprint density at radius 3 is 2.29 bits per heavy atom. The summed E-state index contributed by atoms with van der Waals surface area (Å²) in [6.45, 7) is 1.31. The fourth-order valence-corrected chi connectivity index (χ4v) is 5.60. The molecular formula is C33H29BrClN3. The molecular weight excluding hydrogens is 554 g/mol. The summed E-state index contributed by atoms with van der Waals surface area (Å²) >= 11 is 10.7. The third-order valence-corrected chi connectivity index (χ3v) is 7.95. The minimum Gasteiger partial charge on any atom is -0.312 e. The Bertz CT molecular complexity index is 1470. The van der Waals surface area contributed by atoms with E-state index in [0.717, 1.165) is 51.9 Å². The van der Waals surface area contributed by atoms with Gasteiger partial charge in [0.25, 0.3) is 0 Å². The first-order valence-electron chi connectivity index (χ1n) is 12.8. The molecule has 0 saturated heterocycles. The third-order valence-electron chi connectivity index (χ3n) is 6.66. The predicted molar refractivity (Wildman–Crippen MR) is 159 cm³/mol. The largest absolute Gasteiger partial charge is 0.312 e. The molecule has 0 atom stereocenters. The van der Waals surface area contributed by atoms with Gasteiger partial charge in [-0.05, 0) is 98.8 Å². The van der Waals surface area contributed by atoms with Crippen LogP contribution < -0.4 is 5.32 Å². The molecule has 0 radical (unpaired) electrons. The van der Waals surface area contributed by atoms with E-state index in [1.54, 1.807) is 0 Å². The highest BCUT2D eigenvalue weighted by atomic mass is 79.9. The molecule has 0 fully saturated rings. The highest BCUT2D eigenvalue weighted by Crippen LogP contribution is 2.32. The van der Waals surface area contributed by atoms with Crippen LogP contribution in [-0.4, -0.2) is 6.54 Å². The second-order valence-electron chi connectivity index (χ2n) is 9.25. The zero-order chi connectivity index (χ0) is 26.7. The van der Waals surface area contributed by atoms with Crippen LogP contribution in [0, 0.1) is 22.7 Å². The number of nitrogens with one attached hydrogen (secondary N) is 1. The monoisotopic (exact) mass is 581 g/mol. The van der Waals surface area contributed by atoms with E-state index in [9.17, 15) is 5.26 Å². The highest BCUT2D eigenvalue weighted by molar-refractivity contribution is 9.10. The van der Waals surface area contributed by atoms with Crippen molar-refractivity contribution in [3.8, 4) is 23.3 Å². The summed E-state index contributed by atoms with van der Waals surface area (Å²) in [5.41, 5.74) is 8.98. The van der Waals surface area contributed by atoms with Crippen LogP contribution in [0.5, 0.6) is 0 Å². The van der Waals surface area contributed by atoms with Crippen molar-refractivity contribution < 1.29 is 0 Å². The lowest BCUT2D eigenvalue weighted by molar-refractivity contribution is 0.692. The zero-order valence-corrected chi connectivity index (χ0v) is 23.5. The van der Waals surface area contributed by atoms with Gasteiger partial charge in [-0.15, -0.1) is 0 Å². The van der Waals surface area contributed by atoms with Crippen molar-refractivity contribution in [2.24, 2.45) is 0 Å². The molecule has 4 aromatic carbocycles. The molecule has 3 nitrogen and oxygen atoms in total. The van der Waals surface area contributed by atoms with E-state index >= 15 is 0 Å². The van der Waals surface area contributed by atoms with Crippen molar-refractivity contribution in [2.75, 3.05) is 6.54 Å². The summed E-state index contributed by atoms with van der Waals surface area (Å²) in [6.07, 6.45) is 3.85. The first-order chi connectivity index (χ1) is 18.6. The van der Waals surface area contributed by atoms with Gasteiger partial charge in [-0.2, -0.15) is 10.5 Å². The Morgan fingerprint density at radius 2 is 1.50 bits per heavy atom. The maximum atomic E-state index is 9.25. The molecule has 190 valence electrons. The number of halogens is 2. The predicted octanol–water partition coefficient (Wildman–Crippen LogP) is 8.21. The van der Waals surface area contributed by atoms with E-state index in [1.807, 2.05) is 24.3 Å². The molecule has 38 heavy (non-hydrogen) atoms. The average Bonchev–Trinajstić information content (AvgIpc) is 2.95. The van der Waals surface area contributed by atoms with Gasteiger partial charge >= 0.3 is 0 Å². The SMILES string of the molecule is N#CCCNCc1cc(Cl)c(CCc2cccc(-c3ccccc3)c2Br)cc1CCc1cccc(C#N)c1. The molecule has 1 N–H and O–H groups in total. The fourth-order valence-electron chi connectivity index (χ4n) is 4.62. The number of benzene rings is 4. The minimum absolute atomic E-state index is 0.471. The van der Waals surface area contributed by atoms with Gasteiger partial charge < -0.3 is 5.32 Å². The van der Waals surface area contributed by atoms with Crippen LogP contribution in [-0.2, 0) is 32.2 Å². The van der Waals surface area contributed by atoms with Gasteiger partial charge in [0.1, 0.15) is 0 Å². The number of rotatable bonds is 11. The Hall–Kier alpha value is -3.41. The van der Waals surface area contributed by atoms with Crippen molar-refractivity contribution in [1.29, 1.82) is 10.5 Å². The summed E-state index contributed by atoms with van der Waals surface area (Å²) in [7, 11) is 0. The maximum Gasteiger partial charge on any atom is 0.0991 e. The van der Waals surface area contributed by atoms with Crippen LogP contribution in [0.4, 0.5) is 0 Å². The molecule has 0 unspecified atom stereocenters. The topological polar surface area (TPSA) is 59.6 Å². The Labute approximate surface area is 238 Å². The lowest BCUT2D eigenvalue weighted by Crippen LogP contribution is -2.16. The molecule has 5 heteroatoms. The second-order valence-corrected chi connectivity index (χ2v) is 10.5. The van der Waals surface area contributed by atoms with Crippen LogP contribution >= 0.6 is 27.5 Å². The van der Waals surface area contributed by atoms with Gasteiger partial charge in [0.05, 0.1) is 17.7 Å². The number of nitriles is 2. The smallest absolute Gasteiger partial charge is 0.0991 e. The van der Waals surface area contributed by atoms with E-state index in [0.29, 0.717) is 25.1 Å². The summed E-state index contributed by atoms with van der Waals surface area (Å²) in [4.78, 5) is 0. The van der Waals surface area contributed by atoms with Crippen LogP contribution in [0.3, 0.4) is 0 Å². The average molecular weight is 583 g/mol. The molecule has 0 aliphatic rings. The molecule has 0 aliphatic carbocycles. The van der Waals surface area contributed by atoms with Gasteiger partial charge in [-0.3, -0.25) is 0 Å². The lowest BCUT2D eigenvalue weighted by atomic mass is 9.94. The summed E-state index contributed by atoms with van der Waals surface area (Å²) in [6, 6.07) is 33.3. The van der Waals surface area contributed by atoms with Crippen LogP contribution in [0.15, 0.2) is 89.4 Å². The Balaban J connectivity index is 1.55. The second kappa shape index (κ2) is 13.9.